The van der Waals surface area contributed by atoms with Gasteiger partial charge >= 0.3 is 5.92 Å². The monoisotopic (exact) mass is 330 g/mol. The van der Waals surface area contributed by atoms with Crippen molar-refractivity contribution in [1.82, 2.24) is 20.3 Å². The molecule has 9 heteroatoms. The summed E-state index contributed by atoms with van der Waals surface area (Å²) >= 11 is 0. The normalized spacial score (nSPS) is 11.5. The average molecular weight is 330 g/mol. The van der Waals surface area contributed by atoms with Gasteiger partial charge in [-0.3, -0.25) is 4.79 Å². The number of alkyl halides is 2. The lowest BCUT2D eigenvalue weighted by atomic mass is 10.1. The SMILES string of the molecule is Cn1ncc(CCCNC(=O)C(F)(F)c2cc(F)cc(F)c2)n1. The highest BCUT2D eigenvalue weighted by Crippen LogP contribution is 2.29. The molecule has 5 nitrogen and oxygen atoms in total. The Morgan fingerprint density at radius 2 is 1.91 bits per heavy atom. The first-order chi connectivity index (χ1) is 10.8. The number of benzene rings is 1. The Hall–Kier alpha value is -2.45. The van der Waals surface area contributed by atoms with E-state index in [4.69, 9.17) is 0 Å². The number of halogens is 4. The van der Waals surface area contributed by atoms with E-state index in [1.165, 1.54) is 11.0 Å². The number of nitrogens with one attached hydrogen (secondary N) is 1. The molecule has 23 heavy (non-hydrogen) atoms. The Bertz CT molecular complexity index is 682. The molecule has 0 radical (unpaired) electrons. The van der Waals surface area contributed by atoms with E-state index < -0.39 is 29.0 Å². The fourth-order valence-electron chi connectivity index (χ4n) is 1.95. The zero-order valence-corrected chi connectivity index (χ0v) is 12.2. The maximum absolute atomic E-state index is 13.9. The van der Waals surface area contributed by atoms with Gasteiger partial charge in [0.1, 0.15) is 11.6 Å². The molecule has 0 fully saturated rings. The Labute approximate surface area is 129 Å². The van der Waals surface area contributed by atoms with Crippen molar-refractivity contribution in [2.45, 2.75) is 18.8 Å². The summed E-state index contributed by atoms with van der Waals surface area (Å²) in [6, 6.07) is 1.32. The first kappa shape index (κ1) is 16.9. The molecule has 0 saturated carbocycles. The molecular formula is C14H14F4N4O. The van der Waals surface area contributed by atoms with Crippen molar-refractivity contribution in [2.75, 3.05) is 6.54 Å². The maximum Gasteiger partial charge on any atom is 0.349 e. The molecule has 0 aliphatic heterocycles. The van der Waals surface area contributed by atoms with Gasteiger partial charge in [0.2, 0.25) is 0 Å². The van der Waals surface area contributed by atoms with Gasteiger partial charge in [-0.1, -0.05) is 0 Å². The highest BCUT2D eigenvalue weighted by atomic mass is 19.3. The summed E-state index contributed by atoms with van der Waals surface area (Å²) in [5.74, 6) is -7.97. The smallest absolute Gasteiger partial charge is 0.349 e. The number of carbonyl (C=O) groups excluding carboxylic acids is 1. The van der Waals surface area contributed by atoms with E-state index in [-0.39, 0.29) is 6.54 Å². The molecule has 1 heterocycles. The maximum atomic E-state index is 13.9. The third-order valence-electron chi connectivity index (χ3n) is 3.05. The number of aromatic nitrogens is 3. The molecule has 0 bridgehead atoms. The summed E-state index contributed by atoms with van der Waals surface area (Å²) in [6.07, 6.45) is 2.36. The van der Waals surface area contributed by atoms with Gasteiger partial charge in [-0.2, -0.15) is 23.8 Å². The lowest BCUT2D eigenvalue weighted by molar-refractivity contribution is -0.147. The van der Waals surface area contributed by atoms with E-state index in [0.29, 0.717) is 36.7 Å². The summed E-state index contributed by atoms with van der Waals surface area (Å²) in [5.41, 5.74) is -0.359. The largest absolute Gasteiger partial charge is 0.351 e. The lowest BCUT2D eigenvalue weighted by Crippen LogP contribution is -2.38. The molecule has 2 aromatic rings. The molecule has 1 aromatic heterocycles. The zero-order chi connectivity index (χ0) is 17.0. The number of hydrogen-bond donors (Lipinski definition) is 1. The van der Waals surface area contributed by atoms with Crippen molar-refractivity contribution < 1.29 is 22.4 Å². The van der Waals surface area contributed by atoms with Crippen molar-refractivity contribution in [2.24, 2.45) is 7.05 Å². The summed E-state index contributed by atoms with van der Waals surface area (Å²) in [7, 11) is 1.64. The quantitative estimate of drug-likeness (QED) is 0.650. The molecular weight excluding hydrogens is 316 g/mol. The Morgan fingerprint density at radius 3 is 2.48 bits per heavy atom. The molecule has 0 saturated heterocycles. The second kappa shape index (κ2) is 6.76. The van der Waals surface area contributed by atoms with E-state index in [1.807, 2.05) is 5.32 Å². The number of rotatable bonds is 6. The van der Waals surface area contributed by atoms with Crippen LogP contribution < -0.4 is 5.32 Å². The van der Waals surface area contributed by atoms with Crippen LogP contribution in [0.5, 0.6) is 0 Å². The van der Waals surface area contributed by atoms with Crippen molar-refractivity contribution in [3.8, 4) is 0 Å². The van der Waals surface area contributed by atoms with Crippen LogP contribution in [0.1, 0.15) is 17.7 Å². The standard InChI is InChI=1S/C14H14F4N4O/c1-22-20-8-12(21-22)3-2-4-19-13(23)14(17,18)9-5-10(15)7-11(16)6-9/h5-8H,2-4H2,1H3,(H,19,23). The van der Waals surface area contributed by atoms with Gasteiger partial charge in [0.15, 0.2) is 0 Å². The zero-order valence-electron chi connectivity index (χ0n) is 12.2. The molecule has 124 valence electrons. The molecule has 0 aliphatic carbocycles. The van der Waals surface area contributed by atoms with Gasteiger partial charge in [-0.25, -0.2) is 8.78 Å². The van der Waals surface area contributed by atoms with Gasteiger partial charge in [0, 0.05) is 25.2 Å². The second-order valence-electron chi connectivity index (χ2n) is 4.92. The molecule has 0 unspecified atom stereocenters. The van der Waals surface area contributed by atoms with Crippen molar-refractivity contribution in [3.63, 3.8) is 0 Å². The minimum Gasteiger partial charge on any atom is -0.351 e. The lowest BCUT2D eigenvalue weighted by Gasteiger charge is -2.16. The van der Waals surface area contributed by atoms with E-state index in [0.717, 1.165) is 0 Å². The molecule has 0 spiro atoms. The van der Waals surface area contributed by atoms with Crippen molar-refractivity contribution >= 4 is 5.91 Å². The van der Waals surface area contributed by atoms with Crippen LogP contribution in [-0.4, -0.2) is 27.4 Å². The van der Waals surface area contributed by atoms with Crippen molar-refractivity contribution in [1.29, 1.82) is 0 Å². The van der Waals surface area contributed by atoms with Crippen LogP contribution in [0.3, 0.4) is 0 Å². The van der Waals surface area contributed by atoms with Crippen LogP contribution in [0.25, 0.3) is 0 Å². The summed E-state index contributed by atoms with van der Waals surface area (Å²) in [4.78, 5) is 12.9. The van der Waals surface area contributed by atoms with E-state index in [9.17, 15) is 22.4 Å². The number of aryl methyl sites for hydroxylation is 2. The summed E-state index contributed by atoms with van der Waals surface area (Å²) in [5, 5.41) is 9.91. The van der Waals surface area contributed by atoms with E-state index >= 15 is 0 Å². The molecule has 0 aliphatic rings. The first-order valence-corrected chi connectivity index (χ1v) is 6.77. The fraction of sp³-hybridized carbons (Fsp3) is 0.357. The number of amides is 1. The molecule has 1 N–H and O–H groups in total. The third kappa shape index (κ3) is 4.27. The molecule has 1 amide bonds. The highest BCUT2D eigenvalue weighted by Gasteiger charge is 2.41. The van der Waals surface area contributed by atoms with Crippen LogP contribution in [0.4, 0.5) is 17.6 Å². The molecule has 2 rings (SSSR count). The number of carbonyl (C=O) groups is 1. The van der Waals surface area contributed by atoms with Crippen LogP contribution in [-0.2, 0) is 24.2 Å². The van der Waals surface area contributed by atoms with Gasteiger partial charge < -0.3 is 5.32 Å². The Balaban J connectivity index is 1.90. The second-order valence-corrected chi connectivity index (χ2v) is 4.92. The Morgan fingerprint density at radius 1 is 1.26 bits per heavy atom. The van der Waals surface area contributed by atoms with Gasteiger partial charge in [-0.15, -0.1) is 0 Å². The van der Waals surface area contributed by atoms with E-state index in [2.05, 4.69) is 10.2 Å². The van der Waals surface area contributed by atoms with Gasteiger partial charge in [-0.05, 0) is 25.0 Å². The number of nitrogens with zero attached hydrogens (tertiary/aromatic N) is 3. The first-order valence-electron chi connectivity index (χ1n) is 6.77. The topological polar surface area (TPSA) is 59.8 Å². The van der Waals surface area contributed by atoms with Gasteiger partial charge in [0.05, 0.1) is 11.9 Å². The predicted molar refractivity (Wildman–Crippen MR) is 72.6 cm³/mol. The van der Waals surface area contributed by atoms with Crippen LogP contribution in [0, 0.1) is 11.6 Å². The highest BCUT2D eigenvalue weighted by molar-refractivity contribution is 5.84. The number of hydrogen-bond acceptors (Lipinski definition) is 3. The predicted octanol–water partition coefficient (Wildman–Crippen LogP) is 1.93. The summed E-state index contributed by atoms with van der Waals surface area (Å²) < 4.78 is 53.8. The minimum atomic E-state index is -4.02. The molecule has 1 aromatic carbocycles. The average Bonchev–Trinajstić information content (AvgIpc) is 2.88. The minimum absolute atomic E-state index is 0.0250. The van der Waals surface area contributed by atoms with Gasteiger partial charge in [0.25, 0.3) is 5.91 Å². The van der Waals surface area contributed by atoms with Crippen LogP contribution in [0.15, 0.2) is 24.4 Å². The van der Waals surface area contributed by atoms with Crippen LogP contribution >= 0.6 is 0 Å². The Kier molecular flexibility index (Phi) is 4.97. The van der Waals surface area contributed by atoms with Crippen molar-refractivity contribution in [3.05, 3.63) is 47.3 Å². The third-order valence-corrected chi connectivity index (χ3v) is 3.05. The summed E-state index contributed by atoms with van der Waals surface area (Å²) in [6.45, 7) is -0.0250. The fourth-order valence-corrected chi connectivity index (χ4v) is 1.95. The molecule has 0 atom stereocenters. The van der Waals surface area contributed by atoms with E-state index in [1.54, 1.807) is 7.05 Å². The van der Waals surface area contributed by atoms with Crippen LogP contribution in [0.2, 0.25) is 0 Å².